The number of carbonyl (C=O) groups is 2. The Kier molecular flexibility index (Phi) is 9.76. The molecule has 10 heteroatoms. The van der Waals surface area contributed by atoms with Crippen LogP contribution in [0.2, 0.25) is 0 Å². The lowest BCUT2D eigenvalue weighted by Crippen LogP contribution is -2.45. The number of aryl methyl sites for hydroxylation is 1. The Morgan fingerprint density at radius 2 is 1.98 bits per heavy atom. The van der Waals surface area contributed by atoms with Gasteiger partial charge in [-0.25, -0.2) is 9.37 Å². The third kappa shape index (κ3) is 7.57. The zero-order valence-electron chi connectivity index (χ0n) is 23.3. The lowest BCUT2D eigenvalue weighted by molar-refractivity contribution is -0.119. The molecule has 5 N–H and O–H groups in total. The Bertz CT molecular complexity index is 1360. The second kappa shape index (κ2) is 13.2. The van der Waals surface area contributed by atoms with Crippen LogP contribution in [0.15, 0.2) is 30.5 Å². The fourth-order valence-corrected chi connectivity index (χ4v) is 5.13. The van der Waals surface area contributed by atoms with E-state index in [1.165, 1.54) is 6.07 Å². The number of nitrogens with one attached hydrogen (secondary N) is 4. The van der Waals surface area contributed by atoms with Crippen LogP contribution in [-0.2, 0) is 9.59 Å². The van der Waals surface area contributed by atoms with Crippen LogP contribution in [0, 0.1) is 18.2 Å². The summed E-state index contributed by atoms with van der Waals surface area (Å²) in [5.41, 5.74) is 0.946. The number of carbonyl (C=O) groups excluding carboxylic acids is 2. The van der Waals surface area contributed by atoms with E-state index < -0.39 is 23.4 Å². The van der Waals surface area contributed by atoms with Crippen molar-refractivity contribution in [2.75, 3.05) is 13.1 Å². The van der Waals surface area contributed by atoms with Crippen LogP contribution < -0.4 is 10.6 Å². The van der Waals surface area contributed by atoms with Crippen molar-refractivity contribution in [3.8, 4) is 11.3 Å². The first-order chi connectivity index (χ1) is 19.2. The molecule has 0 bridgehead atoms. The number of H-pyrrole nitrogens is 1. The van der Waals surface area contributed by atoms with Crippen LogP contribution in [0.5, 0.6) is 0 Å². The number of rotatable bonds is 13. The van der Waals surface area contributed by atoms with E-state index in [4.69, 9.17) is 5.41 Å². The van der Waals surface area contributed by atoms with Gasteiger partial charge in [0, 0.05) is 42.0 Å². The normalized spacial score (nSPS) is 15.6. The molecular formula is C30H39FN6O3. The smallest absolute Gasteiger partial charge is 0.265 e. The molecule has 214 valence electrons. The quantitative estimate of drug-likeness (QED) is 0.154. The lowest BCUT2D eigenvalue weighted by atomic mass is 9.87. The Balaban J connectivity index is 1.50. The minimum atomic E-state index is -1.07. The van der Waals surface area contributed by atoms with Gasteiger partial charge in [0.25, 0.3) is 5.91 Å². The highest BCUT2D eigenvalue weighted by molar-refractivity contribution is 6.37. The molecule has 9 nitrogen and oxygen atoms in total. The summed E-state index contributed by atoms with van der Waals surface area (Å²) in [5, 5.41) is 26.1. The molecule has 0 unspecified atom stereocenters. The number of aliphatic hydroxyl groups is 1. The number of pyridine rings is 1. The van der Waals surface area contributed by atoms with E-state index in [9.17, 15) is 14.7 Å². The number of imidazole rings is 1. The summed E-state index contributed by atoms with van der Waals surface area (Å²) in [7, 11) is 0. The van der Waals surface area contributed by atoms with Gasteiger partial charge in [-0.05, 0) is 57.8 Å². The number of fused-ring (bicyclic) bond motifs is 1. The molecule has 1 fully saturated rings. The predicted octanol–water partition coefficient (Wildman–Crippen LogP) is 4.68. The van der Waals surface area contributed by atoms with Crippen LogP contribution >= 0.6 is 0 Å². The highest BCUT2D eigenvalue weighted by atomic mass is 19.1. The molecule has 0 spiro atoms. The summed E-state index contributed by atoms with van der Waals surface area (Å²) in [6.45, 7) is 5.00. The highest BCUT2D eigenvalue weighted by Crippen LogP contribution is 2.28. The van der Waals surface area contributed by atoms with Crippen molar-refractivity contribution in [1.29, 1.82) is 5.41 Å². The monoisotopic (exact) mass is 550 g/mol. The summed E-state index contributed by atoms with van der Waals surface area (Å²) >= 11 is 0. The molecule has 0 radical (unpaired) electrons. The molecule has 0 aliphatic carbocycles. The minimum Gasteiger partial charge on any atom is -0.389 e. The van der Waals surface area contributed by atoms with E-state index in [1.807, 2.05) is 26.0 Å². The molecule has 1 saturated heterocycles. The first kappa shape index (κ1) is 29.5. The average Bonchev–Trinajstić information content (AvgIpc) is 3.41. The van der Waals surface area contributed by atoms with E-state index in [0.29, 0.717) is 67.8 Å². The van der Waals surface area contributed by atoms with Crippen LogP contribution in [0.3, 0.4) is 0 Å². The maximum atomic E-state index is 15.1. The lowest BCUT2D eigenvalue weighted by Gasteiger charge is -2.32. The third-order valence-electron chi connectivity index (χ3n) is 7.60. The number of aromatic nitrogens is 3. The first-order valence-corrected chi connectivity index (χ1v) is 14.1. The molecule has 1 aliphatic rings. The van der Waals surface area contributed by atoms with Crippen LogP contribution in [0.1, 0.15) is 82.3 Å². The standard InChI is InChI=1S/C30H39FN6O3/c1-3-21(38)7-5-4-6-8-25(37-29(39)24(32)17-30(40)11-13-33-14-12-30)28-34-18-27(36-28)22-15-20-10-9-19(2)35-26(20)16-23(22)31/h9-10,15-16,18,25,32-33,40H,3-8,11-14,17H2,1-2H3,(H,34,36)(H,37,39)/t25-/m0/s1. The van der Waals surface area contributed by atoms with Crippen LogP contribution in [0.4, 0.5) is 4.39 Å². The number of nitrogens with zero attached hydrogens (tertiary/aromatic N) is 2. The predicted molar refractivity (Wildman–Crippen MR) is 153 cm³/mol. The SMILES string of the molecule is CCC(=O)CCCCC[C@H](NC(=O)C(=N)CC1(O)CCNCC1)c1ncc(-c2cc3ccc(C)nc3cc2F)[nH]1. The summed E-state index contributed by atoms with van der Waals surface area (Å²) in [6, 6.07) is 6.35. The number of hydrogen-bond acceptors (Lipinski definition) is 7. The van der Waals surface area contributed by atoms with Crippen LogP contribution in [0.25, 0.3) is 22.2 Å². The Labute approximate surface area is 233 Å². The number of unbranched alkanes of at least 4 members (excludes halogenated alkanes) is 2. The van der Waals surface area contributed by atoms with Crippen molar-refractivity contribution in [3.63, 3.8) is 0 Å². The highest BCUT2D eigenvalue weighted by Gasteiger charge is 2.33. The Morgan fingerprint density at radius 3 is 2.73 bits per heavy atom. The fourth-order valence-electron chi connectivity index (χ4n) is 5.13. The number of halogens is 1. The maximum absolute atomic E-state index is 15.1. The molecule has 3 heterocycles. The number of Topliss-reactive ketones (excluding diaryl/α,β-unsaturated/α-hetero) is 1. The Morgan fingerprint density at radius 1 is 1.20 bits per heavy atom. The summed E-state index contributed by atoms with van der Waals surface area (Å²) in [4.78, 5) is 36.7. The van der Waals surface area contributed by atoms with Gasteiger partial charge in [0.05, 0.1) is 34.8 Å². The van der Waals surface area contributed by atoms with Gasteiger partial charge in [0.1, 0.15) is 17.4 Å². The summed E-state index contributed by atoms with van der Waals surface area (Å²) < 4.78 is 15.1. The van der Waals surface area contributed by atoms with Gasteiger partial charge in [-0.15, -0.1) is 0 Å². The molecular weight excluding hydrogens is 511 g/mol. The largest absolute Gasteiger partial charge is 0.389 e. The molecule has 40 heavy (non-hydrogen) atoms. The van der Waals surface area contributed by atoms with Crippen molar-refractivity contribution in [2.24, 2.45) is 0 Å². The van der Waals surface area contributed by atoms with E-state index >= 15 is 4.39 Å². The van der Waals surface area contributed by atoms with Crippen LogP contribution in [-0.4, -0.2) is 56.2 Å². The number of benzene rings is 1. The molecule has 1 aliphatic heterocycles. The maximum Gasteiger partial charge on any atom is 0.265 e. The van der Waals surface area contributed by atoms with Gasteiger partial charge in [0.15, 0.2) is 0 Å². The van der Waals surface area contributed by atoms with E-state index in [2.05, 4.69) is 25.6 Å². The molecule has 1 atom stereocenters. The molecule has 1 amide bonds. The molecule has 0 saturated carbocycles. The van der Waals surface area contributed by atoms with Gasteiger partial charge in [0.2, 0.25) is 0 Å². The topological polar surface area (TPSA) is 144 Å². The number of hydrogen-bond donors (Lipinski definition) is 5. The number of piperidine rings is 1. The zero-order chi connectivity index (χ0) is 28.7. The summed E-state index contributed by atoms with van der Waals surface area (Å²) in [5.74, 6) is -0.302. The Hall–Kier alpha value is -3.50. The van der Waals surface area contributed by atoms with Crippen molar-refractivity contribution in [3.05, 3.63) is 47.8 Å². The number of ketones is 1. The van der Waals surface area contributed by atoms with Crippen molar-refractivity contribution < 1.29 is 19.1 Å². The summed E-state index contributed by atoms with van der Waals surface area (Å²) in [6.07, 6.45) is 6.39. The van der Waals surface area contributed by atoms with Gasteiger partial charge in [-0.3, -0.25) is 20.0 Å². The molecule has 1 aromatic carbocycles. The second-order valence-corrected chi connectivity index (χ2v) is 10.8. The van der Waals surface area contributed by atoms with Crippen molar-refractivity contribution in [1.82, 2.24) is 25.6 Å². The average molecular weight is 551 g/mol. The number of aromatic amines is 1. The van der Waals surface area contributed by atoms with Gasteiger partial charge < -0.3 is 20.7 Å². The number of amides is 1. The molecule has 4 rings (SSSR count). The first-order valence-electron chi connectivity index (χ1n) is 14.1. The second-order valence-electron chi connectivity index (χ2n) is 10.8. The van der Waals surface area contributed by atoms with E-state index in [1.54, 1.807) is 12.3 Å². The van der Waals surface area contributed by atoms with Crippen molar-refractivity contribution >= 4 is 28.3 Å². The van der Waals surface area contributed by atoms with Crippen molar-refractivity contribution in [2.45, 2.75) is 83.3 Å². The fraction of sp³-hybridized carbons (Fsp3) is 0.500. The van der Waals surface area contributed by atoms with Gasteiger partial charge in [-0.2, -0.15) is 0 Å². The van der Waals surface area contributed by atoms with Gasteiger partial charge >= 0.3 is 0 Å². The zero-order valence-corrected chi connectivity index (χ0v) is 23.3. The minimum absolute atomic E-state index is 0.0222. The van der Waals surface area contributed by atoms with Gasteiger partial charge in [-0.1, -0.05) is 25.8 Å². The van der Waals surface area contributed by atoms with E-state index in [-0.39, 0.29) is 17.9 Å². The molecule has 3 aromatic rings. The third-order valence-corrected chi connectivity index (χ3v) is 7.60. The van der Waals surface area contributed by atoms with E-state index in [0.717, 1.165) is 30.3 Å². The molecule has 2 aromatic heterocycles.